The van der Waals surface area contributed by atoms with E-state index in [0.717, 1.165) is 29.6 Å². The number of hydrogen-bond acceptors (Lipinski definition) is 6. The van der Waals surface area contributed by atoms with Crippen molar-refractivity contribution in [1.82, 2.24) is 24.5 Å². The highest BCUT2D eigenvalue weighted by Gasteiger charge is 2.20. The zero-order valence-electron chi connectivity index (χ0n) is 13.8. The Hall–Kier alpha value is -2.81. The number of para-hydroxylation sites is 2. The summed E-state index contributed by atoms with van der Waals surface area (Å²) < 4.78 is 9.03. The second-order valence-corrected chi connectivity index (χ2v) is 6.02. The lowest BCUT2D eigenvalue weighted by Crippen LogP contribution is -2.04. The number of carboxylic acids is 1. The minimum absolute atomic E-state index is 0.110. The zero-order valence-corrected chi connectivity index (χ0v) is 14.6. The Morgan fingerprint density at radius 1 is 1.32 bits per heavy atom. The van der Waals surface area contributed by atoms with Crippen LogP contribution < -0.4 is 4.74 Å². The molecule has 1 aromatic carbocycles. The largest absolute Gasteiger partial charge is 0.495 e. The van der Waals surface area contributed by atoms with Crippen molar-refractivity contribution in [3.8, 4) is 22.8 Å². The average molecular weight is 359 g/mol. The molecule has 0 spiro atoms. The van der Waals surface area contributed by atoms with E-state index in [2.05, 4.69) is 15.3 Å². The first kappa shape index (κ1) is 17.0. The van der Waals surface area contributed by atoms with Crippen LogP contribution in [0.15, 0.2) is 41.8 Å². The van der Waals surface area contributed by atoms with Crippen LogP contribution in [0.5, 0.6) is 5.75 Å². The standard InChI is InChI=1S/C16H17N5O3S/c1-3-20-9-11(8-17-20)15-18-19-16(25-10-14(22)23)21(15)12-6-4-5-7-13(12)24-2/h4-9H,3,10H2,1-2H3,(H,22,23). The molecule has 0 saturated heterocycles. The van der Waals surface area contributed by atoms with Crippen LogP contribution in [0.2, 0.25) is 0 Å². The van der Waals surface area contributed by atoms with Crippen molar-refractivity contribution in [3.05, 3.63) is 36.7 Å². The lowest BCUT2D eigenvalue weighted by molar-refractivity contribution is -0.133. The van der Waals surface area contributed by atoms with Crippen molar-refractivity contribution in [2.75, 3.05) is 12.9 Å². The Morgan fingerprint density at radius 2 is 2.12 bits per heavy atom. The minimum atomic E-state index is -0.917. The molecule has 0 fully saturated rings. The second kappa shape index (κ2) is 7.39. The summed E-state index contributed by atoms with van der Waals surface area (Å²) in [5.41, 5.74) is 1.53. The lowest BCUT2D eigenvalue weighted by Gasteiger charge is -2.12. The van der Waals surface area contributed by atoms with Crippen molar-refractivity contribution < 1.29 is 14.6 Å². The van der Waals surface area contributed by atoms with Crippen LogP contribution in [0.3, 0.4) is 0 Å². The van der Waals surface area contributed by atoms with Crippen molar-refractivity contribution in [1.29, 1.82) is 0 Å². The fourth-order valence-corrected chi connectivity index (χ4v) is 3.03. The van der Waals surface area contributed by atoms with Gasteiger partial charge in [-0.1, -0.05) is 23.9 Å². The molecule has 1 N–H and O–H groups in total. The molecule has 0 aliphatic rings. The number of rotatable bonds is 7. The molecule has 2 heterocycles. The first-order valence-electron chi connectivity index (χ1n) is 7.60. The fraction of sp³-hybridized carbons (Fsp3) is 0.250. The van der Waals surface area contributed by atoms with Gasteiger partial charge < -0.3 is 9.84 Å². The molecular weight excluding hydrogens is 342 g/mol. The zero-order chi connectivity index (χ0) is 17.8. The number of carboxylic acid groups (broad SMARTS) is 1. The fourth-order valence-electron chi connectivity index (χ4n) is 2.36. The van der Waals surface area contributed by atoms with E-state index in [4.69, 9.17) is 9.84 Å². The van der Waals surface area contributed by atoms with Gasteiger partial charge in [-0.25, -0.2) is 0 Å². The van der Waals surface area contributed by atoms with Crippen LogP contribution in [-0.4, -0.2) is 48.5 Å². The predicted octanol–water partition coefficient (Wildman–Crippen LogP) is 2.34. The van der Waals surface area contributed by atoms with Gasteiger partial charge in [-0.2, -0.15) is 5.10 Å². The van der Waals surface area contributed by atoms with Gasteiger partial charge in [0, 0.05) is 12.7 Å². The van der Waals surface area contributed by atoms with Crippen LogP contribution in [0.25, 0.3) is 17.1 Å². The van der Waals surface area contributed by atoms with Crippen molar-refractivity contribution >= 4 is 17.7 Å². The Labute approximate surface area is 148 Å². The number of thioether (sulfide) groups is 1. The molecule has 0 saturated carbocycles. The number of aryl methyl sites for hydroxylation is 1. The predicted molar refractivity (Wildman–Crippen MR) is 93.2 cm³/mol. The van der Waals surface area contributed by atoms with Crippen molar-refractivity contribution in [2.45, 2.75) is 18.6 Å². The number of benzene rings is 1. The van der Waals surface area contributed by atoms with Crippen LogP contribution >= 0.6 is 11.8 Å². The van der Waals surface area contributed by atoms with Gasteiger partial charge in [0.2, 0.25) is 0 Å². The monoisotopic (exact) mass is 359 g/mol. The molecule has 0 bridgehead atoms. The van der Waals surface area contributed by atoms with E-state index in [9.17, 15) is 4.79 Å². The number of nitrogens with zero attached hydrogens (tertiary/aromatic N) is 5. The molecule has 0 aliphatic heterocycles. The summed E-state index contributed by atoms with van der Waals surface area (Å²) in [6, 6.07) is 7.45. The molecule has 3 rings (SSSR count). The maximum atomic E-state index is 10.9. The third-order valence-corrected chi connectivity index (χ3v) is 4.41. The van der Waals surface area contributed by atoms with E-state index in [1.165, 1.54) is 0 Å². The highest BCUT2D eigenvalue weighted by atomic mass is 32.2. The number of hydrogen-bond donors (Lipinski definition) is 1. The maximum Gasteiger partial charge on any atom is 0.313 e. The maximum absolute atomic E-state index is 10.9. The average Bonchev–Trinajstić information content (AvgIpc) is 3.26. The van der Waals surface area contributed by atoms with Gasteiger partial charge in [-0.15, -0.1) is 10.2 Å². The molecular formula is C16H17N5O3S. The van der Waals surface area contributed by atoms with Gasteiger partial charge in [-0.3, -0.25) is 14.0 Å². The van der Waals surface area contributed by atoms with Crippen LogP contribution in [0.4, 0.5) is 0 Å². The summed E-state index contributed by atoms with van der Waals surface area (Å²) in [6.07, 6.45) is 3.59. The van der Waals surface area contributed by atoms with E-state index in [-0.39, 0.29) is 5.75 Å². The normalized spacial score (nSPS) is 10.8. The molecule has 0 atom stereocenters. The number of aliphatic carboxylic acids is 1. The smallest absolute Gasteiger partial charge is 0.313 e. The Bertz CT molecular complexity index is 890. The Morgan fingerprint density at radius 3 is 2.80 bits per heavy atom. The molecule has 0 amide bonds. The molecule has 2 aromatic heterocycles. The summed E-state index contributed by atoms with van der Waals surface area (Å²) in [7, 11) is 1.59. The highest BCUT2D eigenvalue weighted by Crippen LogP contribution is 2.32. The summed E-state index contributed by atoms with van der Waals surface area (Å²) in [5, 5.41) is 22.2. The summed E-state index contributed by atoms with van der Waals surface area (Å²) >= 11 is 1.10. The minimum Gasteiger partial charge on any atom is -0.495 e. The molecule has 0 radical (unpaired) electrons. The second-order valence-electron chi connectivity index (χ2n) is 5.08. The summed E-state index contributed by atoms with van der Waals surface area (Å²) in [4.78, 5) is 10.9. The first-order valence-corrected chi connectivity index (χ1v) is 8.58. The van der Waals surface area contributed by atoms with Crippen LogP contribution in [-0.2, 0) is 11.3 Å². The van der Waals surface area contributed by atoms with E-state index < -0.39 is 5.97 Å². The topological polar surface area (TPSA) is 95.1 Å². The number of ether oxygens (including phenoxy) is 1. The molecule has 0 unspecified atom stereocenters. The third-order valence-electron chi connectivity index (χ3n) is 3.50. The van der Waals surface area contributed by atoms with E-state index in [1.54, 1.807) is 22.6 Å². The SMILES string of the molecule is CCn1cc(-c2nnc(SCC(=O)O)n2-c2ccccc2OC)cn1. The number of carbonyl (C=O) groups is 1. The summed E-state index contributed by atoms with van der Waals surface area (Å²) in [5.74, 6) is 0.197. The quantitative estimate of drug-likeness (QED) is 0.647. The van der Waals surface area contributed by atoms with E-state index in [1.807, 2.05) is 37.4 Å². The molecule has 9 heteroatoms. The van der Waals surface area contributed by atoms with Gasteiger partial charge in [0.05, 0.1) is 30.3 Å². The molecule has 25 heavy (non-hydrogen) atoms. The van der Waals surface area contributed by atoms with Crippen LogP contribution in [0, 0.1) is 0 Å². The third kappa shape index (κ3) is 3.50. The Kier molecular flexibility index (Phi) is 5.03. The summed E-state index contributed by atoms with van der Waals surface area (Å²) in [6.45, 7) is 2.74. The van der Waals surface area contributed by atoms with Gasteiger partial charge in [0.15, 0.2) is 11.0 Å². The van der Waals surface area contributed by atoms with Crippen LogP contribution in [0.1, 0.15) is 6.92 Å². The molecule has 0 aliphatic carbocycles. The highest BCUT2D eigenvalue weighted by molar-refractivity contribution is 7.99. The Balaban J connectivity index is 2.14. The number of aromatic nitrogens is 5. The molecule has 8 nitrogen and oxygen atoms in total. The lowest BCUT2D eigenvalue weighted by atomic mass is 10.2. The van der Waals surface area contributed by atoms with E-state index >= 15 is 0 Å². The van der Waals surface area contributed by atoms with Crippen molar-refractivity contribution in [2.24, 2.45) is 0 Å². The van der Waals surface area contributed by atoms with Crippen molar-refractivity contribution in [3.63, 3.8) is 0 Å². The molecule has 3 aromatic rings. The van der Waals surface area contributed by atoms with E-state index in [0.29, 0.717) is 16.7 Å². The number of methoxy groups -OCH3 is 1. The van der Waals surface area contributed by atoms with Gasteiger partial charge in [0.1, 0.15) is 5.75 Å². The van der Waals surface area contributed by atoms with Gasteiger partial charge in [0.25, 0.3) is 0 Å². The first-order chi connectivity index (χ1) is 12.1. The molecule has 130 valence electrons. The van der Waals surface area contributed by atoms with Gasteiger partial charge in [-0.05, 0) is 19.1 Å². The van der Waals surface area contributed by atoms with Gasteiger partial charge >= 0.3 is 5.97 Å².